The molecule has 0 aliphatic heterocycles. The summed E-state index contributed by atoms with van der Waals surface area (Å²) in [6.45, 7) is 18.5. The van der Waals surface area contributed by atoms with Gasteiger partial charge in [-0.05, 0) is 24.8 Å². The largest absolute Gasteiger partial charge is 0.0991 e. The second-order valence-electron chi connectivity index (χ2n) is 3.75. The van der Waals surface area contributed by atoms with Crippen molar-refractivity contribution >= 4 is 0 Å². The van der Waals surface area contributed by atoms with Gasteiger partial charge in [-0.3, -0.25) is 0 Å². The Morgan fingerprint density at radius 2 is 1.59 bits per heavy atom. The zero-order chi connectivity index (χ0) is 14.1. The van der Waals surface area contributed by atoms with E-state index in [1.807, 2.05) is 39.0 Å². The highest BCUT2D eigenvalue weighted by Crippen LogP contribution is 2.03. The smallest absolute Gasteiger partial charge is 0.0308 e. The third-order valence-corrected chi connectivity index (χ3v) is 2.51. The summed E-state index contributed by atoms with van der Waals surface area (Å²) in [5.74, 6) is 0.935. The van der Waals surface area contributed by atoms with E-state index in [1.165, 1.54) is 18.4 Å². The summed E-state index contributed by atoms with van der Waals surface area (Å²) >= 11 is 0. The summed E-state index contributed by atoms with van der Waals surface area (Å²) in [4.78, 5) is 0. The summed E-state index contributed by atoms with van der Waals surface area (Å²) < 4.78 is 0. The minimum absolute atomic E-state index is 0.935. The minimum Gasteiger partial charge on any atom is -0.0991 e. The Hall–Kier alpha value is -0.780. The summed E-state index contributed by atoms with van der Waals surface area (Å²) in [5.41, 5.74) is 1.33. The van der Waals surface area contributed by atoms with Gasteiger partial charge < -0.3 is 0 Å². The van der Waals surface area contributed by atoms with Crippen LogP contribution in [-0.4, -0.2) is 0 Å². The van der Waals surface area contributed by atoms with Gasteiger partial charge in [-0.2, -0.15) is 0 Å². The molecule has 102 valence electrons. The SMILES string of the molecule is C=C/C=C(\C=C/C)CC.CC.CCC(C)CC. The van der Waals surface area contributed by atoms with Gasteiger partial charge in [-0.25, -0.2) is 0 Å². The number of rotatable bonds is 5. The normalized spacial score (nSPS) is 10.5. The maximum atomic E-state index is 3.62. The van der Waals surface area contributed by atoms with Gasteiger partial charge in [0.25, 0.3) is 0 Å². The number of hydrogen-bond acceptors (Lipinski definition) is 0. The van der Waals surface area contributed by atoms with Crippen molar-refractivity contribution in [1.29, 1.82) is 0 Å². The van der Waals surface area contributed by atoms with E-state index in [4.69, 9.17) is 0 Å². The zero-order valence-corrected chi connectivity index (χ0v) is 13.2. The van der Waals surface area contributed by atoms with Gasteiger partial charge in [0, 0.05) is 0 Å². The lowest BCUT2D eigenvalue weighted by molar-refractivity contribution is 0.544. The van der Waals surface area contributed by atoms with Crippen LogP contribution in [0.2, 0.25) is 0 Å². The van der Waals surface area contributed by atoms with E-state index in [1.54, 1.807) is 0 Å². The van der Waals surface area contributed by atoms with Gasteiger partial charge in [0.1, 0.15) is 0 Å². The Kier molecular flexibility index (Phi) is 26.1. The third-order valence-electron chi connectivity index (χ3n) is 2.51. The van der Waals surface area contributed by atoms with Crippen LogP contribution in [0.3, 0.4) is 0 Å². The first kappa shape index (κ1) is 21.5. The fourth-order valence-corrected chi connectivity index (χ4v) is 0.945. The average Bonchev–Trinajstić information content (AvgIpc) is 2.40. The molecule has 0 rings (SSSR count). The van der Waals surface area contributed by atoms with Gasteiger partial charge in [-0.15, -0.1) is 0 Å². The highest BCUT2D eigenvalue weighted by atomic mass is 13.9. The predicted molar refractivity (Wildman–Crippen MR) is 84.5 cm³/mol. The van der Waals surface area contributed by atoms with Crippen LogP contribution in [0.25, 0.3) is 0 Å². The molecule has 0 N–H and O–H groups in total. The lowest BCUT2D eigenvalue weighted by Gasteiger charge is -1.98. The van der Waals surface area contributed by atoms with E-state index in [0.29, 0.717) is 0 Å². The van der Waals surface area contributed by atoms with Crippen LogP contribution in [0.5, 0.6) is 0 Å². The van der Waals surface area contributed by atoms with Crippen molar-refractivity contribution in [3.8, 4) is 0 Å². The molecule has 17 heavy (non-hydrogen) atoms. The van der Waals surface area contributed by atoms with Crippen LogP contribution < -0.4 is 0 Å². The molecule has 0 saturated carbocycles. The maximum absolute atomic E-state index is 3.62. The lowest BCUT2D eigenvalue weighted by Crippen LogP contribution is -1.85. The highest BCUT2D eigenvalue weighted by molar-refractivity contribution is 5.21. The van der Waals surface area contributed by atoms with E-state index >= 15 is 0 Å². The molecule has 0 aliphatic rings. The van der Waals surface area contributed by atoms with Crippen molar-refractivity contribution in [2.45, 2.75) is 67.7 Å². The molecule has 0 aliphatic carbocycles. The molecule has 0 heterocycles. The number of allylic oxidation sites excluding steroid dienone is 5. The molecule has 0 radical (unpaired) electrons. The molecule has 0 saturated heterocycles. The third kappa shape index (κ3) is 21.1. The molecule has 0 bridgehead atoms. The van der Waals surface area contributed by atoms with Gasteiger partial charge in [-0.1, -0.05) is 85.3 Å². The quantitative estimate of drug-likeness (QED) is 0.476. The topological polar surface area (TPSA) is 0 Å². The van der Waals surface area contributed by atoms with Crippen LogP contribution in [0.1, 0.15) is 67.7 Å². The summed E-state index contributed by atoms with van der Waals surface area (Å²) in [7, 11) is 0. The Balaban J connectivity index is -0.000000213. The van der Waals surface area contributed by atoms with Gasteiger partial charge in [0.2, 0.25) is 0 Å². The van der Waals surface area contributed by atoms with Crippen LogP contribution in [0, 0.1) is 5.92 Å². The van der Waals surface area contributed by atoms with Crippen molar-refractivity contribution in [2.75, 3.05) is 0 Å². The summed E-state index contributed by atoms with van der Waals surface area (Å²) in [6, 6.07) is 0. The molecular weight excluding hydrogens is 204 g/mol. The lowest BCUT2D eigenvalue weighted by atomic mass is 10.1. The maximum Gasteiger partial charge on any atom is -0.0308 e. The molecule has 0 aromatic rings. The molecule has 0 unspecified atom stereocenters. The van der Waals surface area contributed by atoms with E-state index in [2.05, 4.69) is 40.3 Å². The average molecular weight is 238 g/mol. The van der Waals surface area contributed by atoms with Crippen LogP contribution >= 0.6 is 0 Å². The summed E-state index contributed by atoms with van der Waals surface area (Å²) in [5, 5.41) is 0. The highest BCUT2D eigenvalue weighted by Gasteiger charge is 1.88. The van der Waals surface area contributed by atoms with Crippen molar-refractivity contribution in [2.24, 2.45) is 5.92 Å². The zero-order valence-electron chi connectivity index (χ0n) is 13.2. The van der Waals surface area contributed by atoms with Crippen molar-refractivity contribution < 1.29 is 0 Å². The first-order chi connectivity index (χ1) is 8.15. The van der Waals surface area contributed by atoms with Gasteiger partial charge >= 0.3 is 0 Å². The molecule has 0 heteroatoms. The fraction of sp³-hybridized carbons (Fsp3) is 0.647. The van der Waals surface area contributed by atoms with E-state index in [-0.39, 0.29) is 0 Å². The van der Waals surface area contributed by atoms with E-state index < -0.39 is 0 Å². The van der Waals surface area contributed by atoms with Crippen LogP contribution in [-0.2, 0) is 0 Å². The van der Waals surface area contributed by atoms with Crippen molar-refractivity contribution in [3.05, 3.63) is 36.5 Å². The molecular formula is C17H34. The van der Waals surface area contributed by atoms with Gasteiger partial charge in [0.05, 0.1) is 0 Å². The van der Waals surface area contributed by atoms with E-state index in [0.717, 1.165) is 12.3 Å². The Morgan fingerprint density at radius 1 is 1.12 bits per heavy atom. The van der Waals surface area contributed by atoms with Gasteiger partial charge in [0.15, 0.2) is 0 Å². The predicted octanol–water partition coefficient (Wildman–Crippen LogP) is 6.55. The van der Waals surface area contributed by atoms with Crippen molar-refractivity contribution in [1.82, 2.24) is 0 Å². The molecule has 0 amide bonds. The fourth-order valence-electron chi connectivity index (χ4n) is 0.945. The minimum atomic E-state index is 0.935. The first-order valence-electron chi connectivity index (χ1n) is 7.10. The van der Waals surface area contributed by atoms with Crippen LogP contribution in [0.15, 0.2) is 36.5 Å². The molecule has 0 aromatic heterocycles. The molecule has 0 aromatic carbocycles. The standard InChI is InChI=1S/C9H14.C6H14.C2H6/c1-4-7-9(6-3)8-5-2;1-4-6(3)5-2;1-2/h4-5,7-8H,1,6H2,2-3H3;6H,4-5H2,1-3H3;1-2H3/b8-5-,9-7-;;. The Bertz CT molecular complexity index is 180. The molecule has 0 spiro atoms. The second kappa shape index (κ2) is 20.6. The second-order valence-corrected chi connectivity index (χ2v) is 3.75. The molecule has 0 nitrogen and oxygen atoms in total. The van der Waals surface area contributed by atoms with Crippen LogP contribution in [0.4, 0.5) is 0 Å². The van der Waals surface area contributed by atoms with Crippen molar-refractivity contribution in [3.63, 3.8) is 0 Å². The van der Waals surface area contributed by atoms with E-state index in [9.17, 15) is 0 Å². The monoisotopic (exact) mass is 238 g/mol. The molecule has 0 fully saturated rings. The first-order valence-corrected chi connectivity index (χ1v) is 7.10. The Morgan fingerprint density at radius 3 is 1.76 bits per heavy atom. The Labute approximate surface area is 111 Å². The summed E-state index contributed by atoms with van der Waals surface area (Å²) in [6.07, 6.45) is 11.7. The molecule has 0 atom stereocenters. The number of hydrogen-bond donors (Lipinski definition) is 0.